The second-order valence-electron chi connectivity index (χ2n) is 4.58. The maximum atomic E-state index is 11.6. The summed E-state index contributed by atoms with van der Waals surface area (Å²) in [4.78, 5) is 11.6. The van der Waals surface area contributed by atoms with Crippen molar-refractivity contribution in [3.63, 3.8) is 0 Å². The van der Waals surface area contributed by atoms with Gasteiger partial charge in [-0.1, -0.05) is 37.6 Å². The van der Waals surface area contributed by atoms with Gasteiger partial charge in [0.05, 0.1) is 13.7 Å². The Balaban J connectivity index is 2.58. The van der Waals surface area contributed by atoms with Crippen molar-refractivity contribution < 1.29 is 14.3 Å². The van der Waals surface area contributed by atoms with Crippen LogP contribution in [-0.4, -0.2) is 19.2 Å². The summed E-state index contributed by atoms with van der Waals surface area (Å²) in [7, 11) is 1.37. The van der Waals surface area contributed by atoms with Gasteiger partial charge in [-0.3, -0.25) is 0 Å². The summed E-state index contributed by atoms with van der Waals surface area (Å²) < 4.78 is 10.3. The first-order valence-corrected chi connectivity index (χ1v) is 6.34. The number of halogens is 1. The van der Waals surface area contributed by atoms with Crippen molar-refractivity contribution in [2.45, 2.75) is 33.0 Å². The predicted octanol–water partition coefficient (Wildman–Crippen LogP) is 3.44. The van der Waals surface area contributed by atoms with Crippen LogP contribution in [0.3, 0.4) is 0 Å². The maximum Gasteiger partial charge on any atom is 0.334 e. The van der Waals surface area contributed by atoms with Gasteiger partial charge >= 0.3 is 5.97 Å². The Kier molecular flexibility index (Phi) is 6.16. The number of carbonyl (C=O) groups is 1. The quantitative estimate of drug-likeness (QED) is 0.743. The Hall–Kier alpha value is -1.06. The second kappa shape index (κ2) is 7.39. The zero-order valence-electron chi connectivity index (χ0n) is 11.0. The standard InChI is InChI=1S/C14H19ClO3/c1-10(2)7-13(14(16)17-3)18-9-11-5-4-6-12(15)8-11/h4-6,8,10,13H,7,9H2,1-3H3/t13-/m0/s1. The Bertz CT molecular complexity index is 390. The highest BCUT2D eigenvalue weighted by Crippen LogP contribution is 2.15. The van der Waals surface area contributed by atoms with Crippen LogP contribution in [0.4, 0.5) is 0 Å². The number of esters is 1. The molecule has 4 heteroatoms. The summed E-state index contributed by atoms with van der Waals surface area (Å²) in [6.45, 7) is 4.43. The second-order valence-corrected chi connectivity index (χ2v) is 5.02. The van der Waals surface area contributed by atoms with Crippen LogP contribution in [0.15, 0.2) is 24.3 Å². The molecule has 0 aromatic heterocycles. The van der Waals surface area contributed by atoms with E-state index in [1.165, 1.54) is 7.11 Å². The summed E-state index contributed by atoms with van der Waals surface area (Å²) in [5.74, 6) is 0.0409. The highest BCUT2D eigenvalue weighted by atomic mass is 35.5. The van der Waals surface area contributed by atoms with E-state index in [2.05, 4.69) is 0 Å². The molecule has 0 aliphatic carbocycles. The fourth-order valence-electron chi connectivity index (χ4n) is 1.62. The van der Waals surface area contributed by atoms with Crippen molar-refractivity contribution in [1.82, 2.24) is 0 Å². The van der Waals surface area contributed by atoms with Crippen molar-refractivity contribution in [2.75, 3.05) is 7.11 Å². The van der Waals surface area contributed by atoms with E-state index >= 15 is 0 Å². The molecular formula is C14H19ClO3. The summed E-state index contributed by atoms with van der Waals surface area (Å²) in [6.07, 6.45) is 0.127. The Morgan fingerprint density at radius 2 is 2.11 bits per heavy atom. The zero-order valence-corrected chi connectivity index (χ0v) is 11.7. The molecule has 0 radical (unpaired) electrons. The molecule has 18 heavy (non-hydrogen) atoms. The van der Waals surface area contributed by atoms with Gasteiger partial charge in [0.2, 0.25) is 0 Å². The van der Waals surface area contributed by atoms with E-state index < -0.39 is 6.10 Å². The number of ether oxygens (including phenoxy) is 2. The third-order valence-corrected chi connectivity index (χ3v) is 2.72. The van der Waals surface area contributed by atoms with Crippen molar-refractivity contribution >= 4 is 17.6 Å². The monoisotopic (exact) mass is 270 g/mol. The van der Waals surface area contributed by atoms with Gasteiger partial charge in [-0.05, 0) is 30.0 Å². The van der Waals surface area contributed by atoms with Crippen molar-refractivity contribution in [3.8, 4) is 0 Å². The van der Waals surface area contributed by atoms with Crippen LogP contribution >= 0.6 is 11.6 Å². The van der Waals surface area contributed by atoms with E-state index in [-0.39, 0.29) is 5.97 Å². The topological polar surface area (TPSA) is 35.5 Å². The van der Waals surface area contributed by atoms with Gasteiger partial charge in [-0.15, -0.1) is 0 Å². The SMILES string of the molecule is COC(=O)[C@H](CC(C)C)OCc1cccc(Cl)c1. The fraction of sp³-hybridized carbons (Fsp3) is 0.500. The van der Waals surface area contributed by atoms with Gasteiger partial charge in [0, 0.05) is 5.02 Å². The van der Waals surface area contributed by atoms with Crippen LogP contribution in [0.1, 0.15) is 25.8 Å². The van der Waals surface area contributed by atoms with E-state index in [0.29, 0.717) is 24.0 Å². The molecule has 0 N–H and O–H groups in total. The fourth-order valence-corrected chi connectivity index (χ4v) is 1.83. The number of hydrogen-bond acceptors (Lipinski definition) is 3. The minimum absolute atomic E-state index is 0.328. The first-order valence-electron chi connectivity index (χ1n) is 5.96. The highest BCUT2D eigenvalue weighted by molar-refractivity contribution is 6.30. The molecule has 1 aromatic carbocycles. The van der Waals surface area contributed by atoms with Crippen LogP contribution in [0.2, 0.25) is 5.02 Å². The molecule has 0 bridgehead atoms. The normalized spacial score (nSPS) is 12.5. The van der Waals surface area contributed by atoms with Gasteiger partial charge in [-0.25, -0.2) is 4.79 Å². The molecule has 0 fully saturated rings. The highest BCUT2D eigenvalue weighted by Gasteiger charge is 2.21. The van der Waals surface area contributed by atoms with Crippen molar-refractivity contribution in [2.24, 2.45) is 5.92 Å². The Morgan fingerprint density at radius 1 is 1.39 bits per heavy atom. The summed E-state index contributed by atoms with van der Waals surface area (Å²) in [5, 5.41) is 0.662. The third kappa shape index (κ3) is 5.07. The predicted molar refractivity (Wildman–Crippen MR) is 71.5 cm³/mol. The Labute approximate surface area is 113 Å². The molecule has 100 valence electrons. The number of hydrogen-bond donors (Lipinski definition) is 0. The summed E-state index contributed by atoms with van der Waals surface area (Å²) >= 11 is 5.89. The molecule has 3 nitrogen and oxygen atoms in total. The smallest absolute Gasteiger partial charge is 0.334 e. The van der Waals surface area contributed by atoms with Crippen molar-refractivity contribution in [3.05, 3.63) is 34.9 Å². The molecule has 1 rings (SSSR count). The first kappa shape index (κ1) is 15.0. The van der Waals surface area contributed by atoms with Crippen molar-refractivity contribution in [1.29, 1.82) is 0 Å². The molecule has 0 heterocycles. The lowest BCUT2D eigenvalue weighted by Crippen LogP contribution is -2.27. The van der Waals surface area contributed by atoms with Gasteiger partial charge in [0.25, 0.3) is 0 Å². The zero-order chi connectivity index (χ0) is 13.5. The minimum Gasteiger partial charge on any atom is -0.467 e. The maximum absolute atomic E-state index is 11.6. The lowest BCUT2D eigenvalue weighted by Gasteiger charge is -2.17. The van der Waals surface area contributed by atoms with Crippen LogP contribution in [0.25, 0.3) is 0 Å². The van der Waals surface area contributed by atoms with E-state index in [9.17, 15) is 4.79 Å². The van der Waals surface area contributed by atoms with Crippen LogP contribution in [0, 0.1) is 5.92 Å². The van der Waals surface area contributed by atoms with Gasteiger partial charge in [0.15, 0.2) is 6.10 Å². The third-order valence-electron chi connectivity index (χ3n) is 2.49. The van der Waals surface area contributed by atoms with E-state index in [0.717, 1.165) is 5.56 Å². The molecule has 0 amide bonds. The molecular weight excluding hydrogens is 252 g/mol. The largest absolute Gasteiger partial charge is 0.467 e. The van der Waals surface area contributed by atoms with E-state index in [1.807, 2.05) is 32.0 Å². The van der Waals surface area contributed by atoms with Gasteiger partial charge in [0.1, 0.15) is 0 Å². The molecule has 1 atom stereocenters. The van der Waals surface area contributed by atoms with E-state index in [1.54, 1.807) is 6.07 Å². The first-order chi connectivity index (χ1) is 8.52. The molecule has 0 saturated carbocycles. The minimum atomic E-state index is -0.519. The van der Waals surface area contributed by atoms with Gasteiger partial charge < -0.3 is 9.47 Å². The van der Waals surface area contributed by atoms with Crippen LogP contribution < -0.4 is 0 Å². The molecule has 1 aromatic rings. The van der Waals surface area contributed by atoms with Crippen LogP contribution in [-0.2, 0) is 20.9 Å². The van der Waals surface area contributed by atoms with E-state index in [4.69, 9.17) is 21.1 Å². The lowest BCUT2D eigenvalue weighted by molar-refractivity contribution is -0.156. The molecule has 0 saturated heterocycles. The average Bonchev–Trinajstić information content (AvgIpc) is 2.33. The summed E-state index contributed by atoms with van der Waals surface area (Å²) in [6, 6.07) is 7.40. The molecule has 0 spiro atoms. The molecule has 0 unspecified atom stereocenters. The van der Waals surface area contributed by atoms with Crippen LogP contribution in [0.5, 0.6) is 0 Å². The number of carbonyl (C=O) groups excluding carboxylic acids is 1. The summed E-state index contributed by atoms with van der Waals surface area (Å²) in [5.41, 5.74) is 0.945. The number of rotatable bonds is 6. The number of benzene rings is 1. The average molecular weight is 271 g/mol. The Morgan fingerprint density at radius 3 is 2.67 bits per heavy atom. The number of methoxy groups -OCH3 is 1. The lowest BCUT2D eigenvalue weighted by atomic mass is 10.1. The molecule has 0 aliphatic heterocycles. The van der Waals surface area contributed by atoms with Gasteiger partial charge in [-0.2, -0.15) is 0 Å². The molecule has 0 aliphatic rings.